The number of methoxy groups -OCH3 is 1. The van der Waals surface area contributed by atoms with Gasteiger partial charge in [-0.1, -0.05) is 6.07 Å². The second kappa shape index (κ2) is 7.50. The first-order valence-corrected chi connectivity index (χ1v) is 9.18. The standard InChI is InChI=1S/C18H18N2O4S/c1-23-15-4-7-17(8-5-15)25(21,22)20-11-12-24-16-6-9-18-14(13-16)3-2-10-19-18/h2-10,13,20H,11-12H2,1H3. The second-order valence-electron chi connectivity index (χ2n) is 5.28. The summed E-state index contributed by atoms with van der Waals surface area (Å²) >= 11 is 0. The number of pyridine rings is 1. The lowest BCUT2D eigenvalue weighted by Gasteiger charge is -2.09. The Kier molecular flexibility index (Phi) is 5.16. The highest BCUT2D eigenvalue weighted by Gasteiger charge is 2.13. The van der Waals surface area contributed by atoms with Gasteiger partial charge < -0.3 is 9.47 Å². The summed E-state index contributed by atoms with van der Waals surface area (Å²) in [6.07, 6.45) is 1.73. The Bertz CT molecular complexity index is 956. The van der Waals surface area contributed by atoms with Crippen LogP contribution in [0.5, 0.6) is 11.5 Å². The molecule has 3 aromatic rings. The summed E-state index contributed by atoms with van der Waals surface area (Å²) in [6.45, 7) is 0.389. The molecule has 0 fully saturated rings. The van der Waals surface area contributed by atoms with Gasteiger partial charge in [-0.05, 0) is 48.5 Å². The van der Waals surface area contributed by atoms with Gasteiger partial charge in [0.15, 0.2) is 0 Å². The number of ether oxygens (including phenoxy) is 2. The van der Waals surface area contributed by atoms with Gasteiger partial charge in [0.05, 0.1) is 17.5 Å². The molecule has 0 spiro atoms. The fraction of sp³-hybridized carbons (Fsp3) is 0.167. The van der Waals surface area contributed by atoms with Crippen LogP contribution in [0.1, 0.15) is 0 Å². The first-order valence-electron chi connectivity index (χ1n) is 7.70. The van der Waals surface area contributed by atoms with Gasteiger partial charge in [0.25, 0.3) is 0 Å². The average Bonchev–Trinajstić information content (AvgIpc) is 2.65. The van der Waals surface area contributed by atoms with Gasteiger partial charge >= 0.3 is 0 Å². The van der Waals surface area contributed by atoms with E-state index in [9.17, 15) is 8.42 Å². The molecule has 1 heterocycles. The highest BCUT2D eigenvalue weighted by Crippen LogP contribution is 2.19. The predicted octanol–water partition coefficient (Wildman–Crippen LogP) is 2.60. The number of fused-ring (bicyclic) bond motifs is 1. The molecule has 1 aromatic heterocycles. The van der Waals surface area contributed by atoms with Crippen molar-refractivity contribution in [3.05, 3.63) is 60.8 Å². The molecule has 0 unspecified atom stereocenters. The highest BCUT2D eigenvalue weighted by molar-refractivity contribution is 7.89. The number of sulfonamides is 1. The third-order valence-corrected chi connectivity index (χ3v) is 5.08. The van der Waals surface area contributed by atoms with Crippen LogP contribution in [0.15, 0.2) is 65.7 Å². The number of benzene rings is 2. The average molecular weight is 358 g/mol. The van der Waals surface area contributed by atoms with E-state index in [2.05, 4.69) is 9.71 Å². The van der Waals surface area contributed by atoms with E-state index in [0.29, 0.717) is 11.5 Å². The molecule has 0 aliphatic carbocycles. The summed E-state index contributed by atoms with van der Waals surface area (Å²) in [5, 5.41) is 0.971. The van der Waals surface area contributed by atoms with Crippen molar-refractivity contribution in [1.29, 1.82) is 0 Å². The van der Waals surface area contributed by atoms with Crippen LogP contribution in [0.2, 0.25) is 0 Å². The summed E-state index contributed by atoms with van der Waals surface area (Å²) in [7, 11) is -2.04. The van der Waals surface area contributed by atoms with Crippen LogP contribution in [0.25, 0.3) is 10.9 Å². The summed E-state index contributed by atoms with van der Waals surface area (Å²) in [4.78, 5) is 4.43. The van der Waals surface area contributed by atoms with Crippen molar-refractivity contribution in [2.45, 2.75) is 4.90 Å². The molecule has 0 bridgehead atoms. The van der Waals surface area contributed by atoms with Crippen LogP contribution < -0.4 is 14.2 Å². The summed E-state index contributed by atoms with van der Waals surface area (Å²) in [5.41, 5.74) is 0.884. The smallest absolute Gasteiger partial charge is 0.240 e. The van der Waals surface area contributed by atoms with Gasteiger partial charge in [-0.25, -0.2) is 13.1 Å². The van der Waals surface area contributed by atoms with Crippen LogP contribution in [0.4, 0.5) is 0 Å². The van der Waals surface area contributed by atoms with E-state index in [0.717, 1.165) is 10.9 Å². The van der Waals surface area contributed by atoms with Gasteiger partial charge in [-0.3, -0.25) is 4.98 Å². The van der Waals surface area contributed by atoms with Gasteiger partial charge in [-0.15, -0.1) is 0 Å². The van der Waals surface area contributed by atoms with Crippen LogP contribution in [0, 0.1) is 0 Å². The molecule has 130 valence electrons. The van der Waals surface area contributed by atoms with E-state index >= 15 is 0 Å². The molecule has 0 amide bonds. The van der Waals surface area contributed by atoms with Crippen molar-refractivity contribution < 1.29 is 17.9 Å². The zero-order valence-electron chi connectivity index (χ0n) is 13.7. The molecular weight excluding hydrogens is 340 g/mol. The number of hydrogen-bond acceptors (Lipinski definition) is 5. The minimum absolute atomic E-state index is 0.166. The maximum absolute atomic E-state index is 12.2. The van der Waals surface area contributed by atoms with Crippen LogP contribution in [-0.4, -0.2) is 33.7 Å². The van der Waals surface area contributed by atoms with E-state index in [1.165, 1.54) is 19.2 Å². The highest BCUT2D eigenvalue weighted by atomic mass is 32.2. The lowest BCUT2D eigenvalue weighted by molar-refractivity contribution is 0.323. The first-order chi connectivity index (χ1) is 12.1. The molecule has 0 aliphatic rings. The van der Waals surface area contributed by atoms with Crippen LogP contribution in [-0.2, 0) is 10.0 Å². The van der Waals surface area contributed by atoms with Gasteiger partial charge in [0, 0.05) is 18.1 Å². The van der Waals surface area contributed by atoms with E-state index < -0.39 is 10.0 Å². The van der Waals surface area contributed by atoms with Crippen LogP contribution in [0.3, 0.4) is 0 Å². The van der Waals surface area contributed by atoms with Crippen molar-refractivity contribution >= 4 is 20.9 Å². The second-order valence-corrected chi connectivity index (χ2v) is 7.05. The minimum atomic E-state index is -3.57. The fourth-order valence-corrected chi connectivity index (χ4v) is 3.34. The van der Waals surface area contributed by atoms with Gasteiger partial charge in [0.1, 0.15) is 18.1 Å². The molecule has 0 saturated carbocycles. The molecule has 2 aromatic carbocycles. The first kappa shape index (κ1) is 17.2. The summed E-state index contributed by atoms with van der Waals surface area (Å²) in [5.74, 6) is 1.28. The Labute approximate surface area is 146 Å². The van der Waals surface area contributed by atoms with Crippen molar-refractivity contribution in [2.24, 2.45) is 0 Å². The van der Waals surface area contributed by atoms with Crippen molar-refractivity contribution in [3.63, 3.8) is 0 Å². The van der Waals surface area contributed by atoms with E-state index in [4.69, 9.17) is 9.47 Å². The molecular formula is C18H18N2O4S. The molecule has 7 heteroatoms. The topological polar surface area (TPSA) is 77.5 Å². The number of aromatic nitrogens is 1. The zero-order chi connectivity index (χ0) is 17.7. The van der Waals surface area contributed by atoms with E-state index in [1.54, 1.807) is 18.3 Å². The maximum atomic E-state index is 12.2. The molecule has 6 nitrogen and oxygen atoms in total. The van der Waals surface area contributed by atoms with Crippen molar-refractivity contribution in [2.75, 3.05) is 20.3 Å². The van der Waals surface area contributed by atoms with E-state index in [-0.39, 0.29) is 18.0 Å². The summed E-state index contributed by atoms with van der Waals surface area (Å²) < 4.78 is 37.5. The molecule has 25 heavy (non-hydrogen) atoms. The quantitative estimate of drug-likeness (QED) is 0.657. The lowest BCUT2D eigenvalue weighted by Crippen LogP contribution is -2.28. The third-order valence-electron chi connectivity index (χ3n) is 3.61. The Balaban J connectivity index is 1.56. The molecule has 0 radical (unpaired) electrons. The number of hydrogen-bond donors (Lipinski definition) is 1. The number of nitrogens with one attached hydrogen (secondary N) is 1. The maximum Gasteiger partial charge on any atom is 0.240 e. The minimum Gasteiger partial charge on any atom is -0.497 e. The molecule has 0 aliphatic heterocycles. The molecule has 0 saturated heterocycles. The Morgan fingerprint density at radius 2 is 1.80 bits per heavy atom. The Morgan fingerprint density at radius 1 is 1.04 bits per heavy atom. The molecule has 0 atom stereocenters. The monoisotopic (exact) mass is 358 g/mol. The van der Waals surface area contributed by atoms with E-state index in [1.807, 2.05) is 30.3 Å². The van der Waals surface area contributed by atoms with Gasteiger partial charge in [-0.2, -0.15) is 0 Å². The zero-order valence-corrected chi connectivity index (χ0v) is 14.5. The largest absolute Gasteiger partial charge is 0.497 e. The predicted molar refractivity (Wildman–Crippen MR) is 95.4 cm³/mol. The Hall–Kier alpha value is -2.64. The summed E-state index contributed by atoms with van der Waals surface area (Å²) in [6, 6.07) is 15.6. The normalized spacial score (nSPS) is 11.4. The lowest BCUT2D eigenvalue weighted by atomic mass is 10.2. The Morgan fingerprint density at radius 3 is 2.56 bits per heavy atom. The molecule has 1 N–H and O–H groups in total. The SMILES string of the molecule is COc1ccc(S(=O)(=O)NCCOc2ccc3ncccc3c2)cc1. The van der Waals surface area contributed by atoms with Gasteiger partial charge in [0.2, 0.25) is 10.0 Å². The number of nitrogens with zero attached hydrogens (tertiary/aromatic N) is 1. The molecule has 3 rings (SSSR count). The third kappa shape index (κ3) is 4.26. The number of rotatable bonds is 7. The van der Waals surface area contributed by atoms with Crippen molar-refractivity contribution in [1.82, 2.24) is 9.71 Å². The fourth-order valence-electron chi connectivity index (χ4n) is 2.33. The van der Waals surface area contributed by atoms with Crippen molar-refractivity contribution in [3.8, 4) is 11.5 Å². The van der Waals surface area contributed by atoms with Crippen LogP contribution >= 0.6 is 0 Å².